The average Bonchev–Trinajstić information content (AvgIpc) is 3.16. The zero-order valence-electron chi connectivity index (χ0n) is 19.4. The molecule has 0 bridgehead atoms. The molecule has 3 rings (SSSR count). The summed E-state index contributed by atoms with van der Waals surface area (Å²) < 4.78 is 5.51. The monoisotopic (exact) mass is 484 g/mol. The number of hydrogen-bond acceptors (Lipinski definition) is 5. The summed E-state index contributed by atoms with van der Waals surface area (Å²) in [6, 6.07) is 15.6. The van der Waals surface area contributed by atoms with Gasteiger partial charge in [0.2, 0.25) is 5.91 Å². The zero-order valence-corrected chi connectivity index (χ0v) is 20.2. The highest BCUT2D eigenvalue weighted by atomic mass is 32.2. The van der Waals surface area contributed by atoms with E-state index in [1.165, 1.54) is 22.3 Å². The van der Waals surface area contributed by atoms with E-state index in [1.54, 1.807) is 11.8 Å². The minimum absolute atomic E-state index is 0.0298. The number of hydrogen-bond donors (Lipinski definition) is 3. The van der Waals surface area contributed by atoms with Gasteiger partial charge in [0.05, 0.1) is 0 Å². The van der Waals surface area contributed by atoms with E-state index in [0.717, 1.165) is 6.42 Å². The molecule has 0 saturated carbocycles. The molecule has 0 radical (unpaired) electrons. The predicted octanol–water partition coefficient (Wildman–Crippen LogP) is 4.41. The number of carboxylic acids is 1. The number of carbonyl (C=O) groups excluding carboxylic acids is 2. The molecule has 0 aliphatic heterocycles. The van der Waals surface area contributed by atoms with Crippen LogP contribution in [0.5, 0.6) is 0 Å². The first-order valence-corrected chi connectivity index (χ1v) is 13.0. The normalized spacial score (nSPS) is 13.0. The van der Waals surface area contributed by atoms with E-state index in [4.69, 9.17) is 4.74 Å². The van der Waals surface area contributed by atoms with Crippen LogP contribution in [0.4, 0.5) is 4.79 Å². The summed E-state index contributed by atoms with van der Waals surface area (Å²) >= 11 is 1.55. The summed E-state index contributed by atoms with van der Waals surface area (Å²) in [5.41, 5.74) is 4.73. The molecule has 2 aromatic carbocycles. The SMILES string of the molecule is CSCCC(NC(=O)CCCCCNC(=O)OCC1c2ccccc2-c2ccccc21)C(=O)O. The van der Waals surface area contributed by atoms with Gasteiger partial charge in [-0.1, -0.05) is 55.0 Å². The Labute approximate surface area is 204 Å². The molecule has 2 amide bonds. The van der Waals surface area contributed by atoms with Crippen molar-refractivity contribution >= 4 is 29.7 Å². The first-order chi connectivity index (χ1) is 16.5. The number of thioether (sulfide) groups is 1. The van der Waals surface area contributed by atoms with Crippen LogP contribution < -0.4 is 10.6 Å². The minimum atomic E-state index is -1.00. The maximum Gasteiger partial charge on any atom is 0.407 e. The van der Waals surface area contributed by atoms with Crippen LogP contribution in [0.25, 0.3) is 11.1 Å². The molecule has 0 heterocycles. The Morgan fingerprint density at radius 3 is 2.26 bits per heavy atom. The third kappa shape index (κ3) is 7.00. The molecule has 8 heteroatoms. The molecule has 1 aliphatic carbocycles. The number of unbranched alkanes of at least 4 members (excludes halogenated alkanes) is 2. The van der Waals surface area contributed by atoms with E-state index in [2.05, 4.69) is 34.9 Å². The molecule has 2 aromatic rings. The topological polar surface area (TPSA) is 105 Å². The fourth-order valence-electron chi connectivity index (χ4n) is 4.19. The molecule has 34 heavy (non-hydrogen) atoms. The Morgan fingerprint density at radius 2 is 1.65 bits per heavy atom. The minimum Gasteiger partial charge on any atom is -0.480 e. The van der Waals surface area contributed by atoms with Gasteiger partial charge in [0.25, 0.3) is 0 Å². The number of aliphatic carboxylic acids is 1. The maximum atomic E-state index is 12.2. The fourth-order valence-corrected chi connectivity index (χ4v) is 4.66. The van der Waals surface area contributed by atoms with Crippen LogP contribution >= 0.6 is 11.8 Å². The number of nitrogens with one attached hydrogen (secondary N) is 2. The average molecular weight is 485 g/mol. The van der Waals surface area contributed by atoms with E-state index < -0.39 is 18.1 Å². The Bertz CT molecular complexity index is 951. The highest BCUT2D eigenvalue weighted by Crippen LogP contribution is 2.44. The first kappa shape index (κ1) is 25.6. The number of carboxylic acid groups (broad SMARTS) is 1. The number of rotatable bonds is 13. The molecular formula is C26H32N2O5S. The van der Waals surface area contributed by atoms with Gasteiger partial charge < -0.3 is 20.5 Å². The molecule has 0 spiro atoms. The lowest BCUT2D eigenvalue weighted by atomic mass is 9.98. The van der Waals surface area contributed by atoms with E-state index in [9.17, 15) is 19.5 Å². The van der Waals surface area contributed by atoms with Crippen LogP contribution in [0.2, 0.25) is 0 Å². The van der Waals surface area contributed by atoms with Gasteiger partial charge in [0.1, 0.15) is 12.6 Å². The first-order valence-electron chi connectivity index (χ1n) is 11.6. The van der Waals surface area contributed by atoms with Gasteiger partial charge >= 0.3 is 12.1 Å². The predicted molar refractivity (Wildman–Crippen MR) is 134 cm³/mol. The zero-order chi connectivity index (χ0) is 24.3. The van der Waals surface area contributed by atoms with Gasteiger partial charge in [-0.15, -0.1) is 0 Å². The second kappa shape index (κ2) is 13.0. The maximum absolute atomic E-state index is 12.2. The molecule has 182 valence electrons. The van der Waals surface area contributed by atoms with E-state index >= 15 is 0 Å². The summed E-state index contributed by atoms with van der Waals surface area (Å²) in [7, 11) is 0. The standard InChI is InChI=1S/C26H32N2O5S/c1-34-16-14-23(25(30)31)28-24(29)13-3-2-8-15-27-26(32)33-17-22-20-11-6-4-9-18(20)19-10-5-7-12-21(19)22/h4-7,9-12,22-23H,2-3,8,13-17H2,1H3,(H,27,32)(H,28,29)(H,30,31). The van der Waals surface area contributed by atoms with Crippen LogP contribution in [-0.2, 0) is 14.3 Å². The van der Waals surface area contributed by atoms with Crippen LogP contribution in [0.1, 0.15) is 49.1 Å². The second-order valence-electron chi connectivity index (χ2n) is 8.30. The number of carbonyl (C=O) groups is 3. The highest BCUT2D eigenvalue weighted by Gasteiger charge is 2.28. The van der Waals surface area contributed by atoms with Crippen molar-refractivity contribution in [3.8, 4) is 11.1 Å². The van der Waals surface area contributed by atoms with Crippen molar-refractivity contribution < 1.29 is 24.2 Å². The van der Waals surface area contributed by atoms with Crippen LogP contribution in [0.3, 0.4) is 0 Å². The lowest BCUT2D eigenvalue weighted by molar-refractivity contribution is -0.141. The molecule has 1 atom stereocenters. The summed E-state index contributed by atoms with van der Waals surface area (Å²) in [5, 5.41) is 14.5. The van der Waals surface area contributed by atoms with E-state index in [1.807, 2.05) is 30.5 Å². The Kier molecular flexibility index (Phi) is 9.82. The largest absolute Gasteiger partial charge is 0.480 e. The lowest BCUT2D eigenvalue weighted by Crippen LogP contribution is -2.41. The molecule has 0 saturated heterocycles. The molecule has 3 N–H and O–H groups in total. The van der Waals surface area contributed by atoms with Crippen LogP contribution in [0.15, 0.2) is 48.5 Å². The smallest absolute Gasteiger partial charge is 0.407 e. The number of fused-ring (bicyclic) bond motifs is 3. The van der Waals surface area contributed by atoms with Gasteiger partial charge in [0, 0.05) is 18.9 Å². The molecule has 7 nitrogen and oxygen atoms in total. The number of alkyl carbamates (subject to hydrolysis) is 1. The fraction of sp³-hybridized carbons (Fsp3) is 0.423. The number of ether oxygens (including phenoxy) is 1. The van der Waals surface area contributed by atoms with Gasteiger partial charge in [-0.05, 0) is 53.5 Å². The van der Waals surface area contributed by atoms with Crippen molar-refractivity contribution in [2.45, 2.75) is 44.1 Å². The third-order valence-electron chi connectivity index (χ3n) is 5.94. The van der Waals surface area contributed by atoms with Crippen LogP contribution in [-0.4, -0.2) is 54.3 Å². The Morgan fingerprint density at radius 1 is 1.00 bits per heavy atom. The van der Waals surface area contributed by atoms with Crippen molar-refractivity contribution in [1.29, 1.82) is 0 Å². The van der Waals surface area contributed by atoms with Gasteiger partial charge in [-0.25, -0.2) is 9.59 Å². The molecule has 0 fully saturated rings. The van der Waals surface area contributed by atoms with E-state index in [0.29, 0.717) is 31.6 Å². The summed E-state index contributed by atoms with van der Waals surface area (Å²) in [4.78, 5) is 35.4. The summed E-state index contributed by atoms with van der Waals surface area (Å²) in [6.07, 6.45) is 4.23. The molecular weight excluding hydrogens is 452 g/mol. The van der Waals surface area contributed by atoms with Crippen molar-refractivity contribution in [2.75, 3.05) is 25.2 Å². The lowest BCUT2D eigenvalue weighted by Gasteiger charge is -2.15. The summed E-state index contributed by atoms with van der Waals surface area (Å²) in [6.45, 7) is 0.741. The van der Waals surface area contributed by atoms with Crippen molar-refractivity contribution in [3.63, 3.8) is 0 Å². The number of amides is 2. The van der Waals surface area contributed by atoms with Crippen LogP contribution in [0, 0.1) is 0 Å². The quantitative estimate of drug-likeness (QED) is 0.364. The van der Waals surface area contributed by atoms with E-state index in [-0.39, 0.29) is 24.9 Å². The second-order valence-corrected chi connectivity index (χ2v) is 9.29. The van der Waals surface area contributed by atoms with Gasteiger partial charge in [0.15, 0.2) is 0 Å². The molecule has 1 aliphatic rings. The third-order valence-corrected chi connectivity index (χ3v) is 6.58. The van der Waals surface area contributed by atoms with Gasteiger partial charge in [-0.2, -0.15) is 11.8 Å². The highest BCUT2D eigenvalue weighted by molar-refractivity contribution is 7.98. The molecule has 0 aromatic heterocycles. The molecule has 1 unspecified atom stereocenters. The Hall–Kier alpha value is -3.00. The van der Waals surface area contributed by atoms with Crippen molar-refractivity contribution in [3.05, 3.63) is 59.7 Å². The Balaban J connectivity index is 1.32. The summed E-state index contributed by atoms with van der Waals surface area (Å²) in [5.74, 6) is -0.548. The van der Waals surface area contributed by atoms with Crippen molar-refractivity contribution in [1.82, 2.24) is 10.6 Å². The van der Waals surface area contributed by atoms with Crippen molar-refractivity contribution in [2.24, 2.45) is 0 Å². The van der Waals surface area contributed by atoms with Gasteiger partial charge in [-0.3, -0.25) is 4.79 Å². The number of benzene rings is 2.